The molecule has 0 aromatic carbocycles. The van der Waals surface area contributed by atoms with E-state index >= 15 is 0 Å². The number of rotatable bonds is 7. The molecule has 18 heavy (non-hydrogen) atoms. The van der Waals surface area contributed by atoms with Crippen LogP contribution in [0.25, 0.3) is 0 Å². The lowest BCUT2D eigenvalue weighted by atomic mass is 10.1. The van der Waals surface area contributed by atoms with Crippen LogP contribution in [0, 0.1) is 5.92 Å². The van der Waals surface area contributed by atoms with Crippen molar-refractivity contribution in [1.29, 1.82) is 0 Å². The Morgan fingerprint density at radius 2 is 2.44 bits per heavy atom. The van der Waals surface area contributed by atoms with Gasteiger partial charge in [0.15, 0.2) is 0 Å². The highest BCUT2D eigenvalue weighted by Gasteiger charge is 2.25. The van der Waals surface area contributed by atoms with E-state index < -0.39 is 0 Å². The van der Waals surface area contributed by atoms with E-state index in [0.717, 1.165) is 18.8 Å². The van der Waals surface area contributed by atoms with Gasteiger partial charge in [-0.1, -0.05) is 25.0 Å². The molecule has 100 valence electrons. The van der Waals surface area contributed by atoms with Gasteiger partial charge in [0.05, 0.1) is 11.9 Å². The Kier molecular flexibility index (Phi) is 4.30. The molecular weight excluding hydrogens is 230 g/mol. The Morgan fingerprint density at radius 1 is 1.67 bits per heavy atom. The quantitative estimate of drug-likeness (QED) is 0.736. The highest BCUT2D eigenvalue weighted by atomic mass is 16.2. The minimum atomic E-state index is -0.00373. The molecule has 0 bridgehead atoms. The first kappa shape index (κ1) is 13.0. The standard InChI is InChI=1S/C12H21N5O/c1-2-10(5-9-3-4-9)14-12(18)8-17-7-11(6-13)15-16-17/h7,9-10H,2-6,8,13H2,1H3,(H,14,18). The van der Waals surface area contributed by atoms with Crippen LogP contribution in [-0.2, 0) is 17.9 Å². The van der Waals surface area contributed by atoms with Gasteiger partial charge in [-0.15, -0.1) is 5.10 Å². The zero-order valence-electron chi connectivity index (χ0n) is 10.8. The predicted molar refractivity (Wildman–Crippen MR) is 67.5 cm³/mol. The number of hydrogen-bond donors (Lipinski definition) is 2. The first-order valence-corrected chi connectivity index (χ1v) is 6.59. The van der Waals surface area contributed by atoms with Gasteiger partial charge in [-0.25, -0.2) is 4.68 Å². The summed E-state index contributed by atoms with van der Waals surface area (Å²) >= 11 is 0. The predicted octanol–water partition coefficient (Wildman–Crippen LogP) is 0.432. The van der Waals surface area contributed by atoms with Crippen LogP contribution in [0.3, 0.4) is 0 Å². The van der Waals surface area contributed by atoms with Gasteiger partial charge < -0.3 is 11.1 Å². The van der Waals surface area contributed by atoms with Gasteiger partial charge in [0.2, 0.25) is 5.91 Å². The lowest BCUT2D eigenvalue weighted by molar-refractivity contribution is -0.122. The fourth-order valence-corrected chi connectivity index (χ4v) is 2.01. The molecule has 1 heterocycles. The minimum absolute atomic E-state index is 0.00373. The zero-order chi connectivity index (χ0) is 13.0. The number of carbonyl (C=O) groups excluding carboxylic acids is 1. The second-order valence-electron chi connectivity index (χ2n) is 4.96. The number of nitrogens with one attached hydrogen (secondary N) is 1. The number of nitrogens with two attached hydrogens (primary N) is 1. The lowest BCUT2D eigenvalue weighted by Gasteiger charge is -2.16. The number of aromatic nitrogens is 3. The van der Waals surface area contributed by atoms with Gasteiger partial charge in [0.1, 0.15) is 6.54 Å². The Balaban J connectivity index is 1.79. The molecule has 1 amide bonds. The number of carbonyl (C=O) groups is 1. The molecule has 1 unspecified atom stereocenters. The van der Waals surface area contributed by atoms with Crippen molar-refractivity contribution in [2.24, 2.45) is 11.7 Å². The number of nitrogens with zero attached hydrogens (tertiary/aromatic N) is 3. The first-order valence-electron chi connectivity index (χ1n) is 6.59. The van der Waals surface area contributed by atoms with Crippen LogP contribution in [0.1, 0.15) is 38.3 Å². The first-order chi connectivity index (χ1) is 8.71. The normalized spacial score (nSPS) is 16.6. The molecule has 6 nitrogen and oxygen atoms in total. The van der Waals surface area contributed by atoms with Crippen molar-refractivity contribution >= 4 is 5.91 Å². The molecule has 0 saturated heterocycles. The average Bonchev–Trinajstić information content (AvgIpc) is 3.06. The molecule has 1 aliphatic carbocycles. The van der Waals surface area contributed by atoms with E-state index in [0.29, 0.717) is 18.3 Å². The summed E-state index contributed by atoms with van der Waals surface area (Å²) in [6.45, 7) is 2.67. The topological polar surface area (TPSA) is 85.8 Å². The second-order valence-corrected chi connectivity index (χ2v) is 4.96. The van der Waals surface area contributed by atoms with Crippen molar-refractivity contribution in [1.82, 2.24) is 20.3 Å². The smallest absolute Gasteiger partial charge is 0.242 e. The van der Waals surface area contributed by atoms with E-state index in [1.54, 1.807) is 6.20 Å². The molecule has 0 aliphatic heterocycles. The maximum atomic E-state index is 11.9. The third kappa shape index (κ3) is 3.80. The SMILES string of the molecule is CCC(CC1CC1)NC(=O)Cn1cc(CN)nn1. The summed E-state index contributed by atoms with van der Waals surface area (Å²) in [5.41, 5.74) is 6.14. The van der Waals surface area contributed by atoms with E-state index in [1.807, 2.05) is 0 Å². The molecule has 2 rings (SSSR count). The zero-order valence-corrected chi connectivity index (χ0v) is 10.8. The molecule has 3 N–H and O–H groups in total. The lowest BCUT2D eigenvalue weighted by Crippen LogP contribution is -2.37. The van der Waals surface area contributed by atoms with Gasteiger partial charge >= 0.3 is 0 Å². The fraction of sp³-hybridized carbons (Fsp3) is 0.750. The van der Waals surface area contributed by atoms with Crippen LogP contribution in [0.4, 0.5) is 0 Å². The van der Waals surface area contributed by atoms with E-state index in [9.17, 15) is 4.79 Å². The van der Waals surface area contributed by atoms with Crippen LogP contribution in [0.5, 0.6) is 0 Å². The molecule has 1 aliphatic rings. The minimum Gasteiger partial charge on any atom is -0.352 e. The van der Waals surface area contributed by atoms with Gasteiger partial charge in [-0.05, 0) is 18.8 Å². The molecule has 1 atom stereocenters. The maximum Gasteiger partial charge on any atom is 0.242 e. The van der Waals surface area contributed by atoms with Gasteiger partial charge in [0.25, 0.3) is 0 Å². The molecule has 1 aromatic heterocycles. The van der Waals surface area contributed by atoms with Gasteiger partial charge in [-0.2, -0.15) is 0 Å². The highest BCUT2D eigenvalue weighted by Crippen LogP contribution is 2.33. The van der Waals surface area contributed by atoms with Gasteiger partial charge in [-0.3, -0.25) is 4.79 Å². The van der Waals surface area contributed by atoms with E-state index in [-0.39, 0.29) is 12.5 Å². The van der Waals surface area contributed by atoms with Crippen molar-refractivity contribution in [3.63, 3.8) is 0 Å². The average molecular weight is 251 g/mol. The van der Waals surface area contributed by atoms with Crippen LogP contribution < -0.4 is 11.1 Å². The van der Waals surface area contributed by atoms with Crippen LogP contribution in [0.2, 0.25) is 0 Å². The monoisotopic (exact) mass is 251 g/mol. The second kappa shape index (κ2) is 5.95. The van der Waals surface area contributed by atoms with Crippen molar-refractivity contribution in [2.75, 3.05) is 0 Å². The van der Waals surface area contributed by atoms with Crippen molar-refractivity contribution in [3.8, 4) is 0 Å². The summed E-state index contributed by atoms with van der Waals surface area (Å²) in [5, 5.41) is 10.8. The summed E-state index contributed by atoms with van der Waals surface area (Å²) in [4.78, 5) is 11.9. The highest BCUT2D eigenvalue weighted by molar-refractivity contribution is 5.75. The molecule has 1 saturated carbocycles. The van der Waals surface area contributed by atoms with E-state index in [2.05, 4.69) is 22.6 Å². The summed E-state index contributed by atoms with van der Waals surface area (Å²) in [5.74, 6) is 0.821. The van der Waals surface area contributed by atoms with Crippen molar-refractivity contribution in [2.45, 2.75) is 51.7 Å². The molecule has 0 radical (unpaired) electrons. The molecular formula is C12H21N5O. The Hall–Kier alpha value is -1.43. The molecule has 0 spiro atoms. The van der Waals surface area contributed by atoms with Crippen molar-refractivity contribution < 1.29 is 4.79 Å². The van der Waals surface area contributed by atoms with Crippen molar-refractivity contribution in [3.05, 3.63) is 11.9 Å². The number of amides is 1. The van der Waals surface area contributed by atoms with Crippen LogP contribution in [0.15, 0.2) is 6.20 Å². The largest absolute Gasteiger partial charge is 0.352 e. The molecule has 1 fully saturated rings. The summed E-state index contributed by atoms with van der Waals surface area (Å²) in [6, 6.07) is 0.294. The Bertz CT molecular complexity index is 399. The molecule has 1 aromatic rings. The summed E-state index contributed by atoms with van der Waals surface area (Å²) < 4.78 is 1.53. The molecule has 6 heteroatoms. The van der Waals surface area contributed by atoms with Crippen LogP contribution >= 0.6 is 0 Å². The van der Waals surface area contributed by atoms with Gasteiger partial charge in [0, 0.05) is 12.6 Å². The maximum absolute atomic E-state index is 11.9. The van der Waals surface area contributed by atoms with Crippen LogP contribution in [-0.4, -0.2) is 26.9 Å². The number of hydrogen-bond acceptors (Lipinski definition) is 4. The summed E-state index contributed by atoms with van der Waals surface area (Å²) in [7, 11) is 0. The third-order valence-corrected chi connectivity index (χ3v) is 3.27. The Morgan fingerprint density at radius 3 is 3.00 bits per heavy atom. The summed E-state index contributed by atoms with van der Waals surface area (Å²) in [6.07, 6.45) is 6.42. The van der Waals surface area contributed by atoms with E-state index in [1.165, 1.54) is 17.5 Å². The Labute approximate surface area is 107 Å². The third-order valence-electron chi connectivity index (χ3n) is 3.27. The van der Waals surface area contributed by atoms with E-state index in [4.69, 9.17) is 5.73 Å². The fourth-order valence-electron chi connectivity index (χ4n) is 2.01.